The summed E-state index contributed by atoms with van der Waals surface area (Å²) in [4.78, 5) is 9.83. The Bertz CT molecular complexity index is 166. The van der Waals surface area contributed by atoms with E-state index in [9.17, 15) is 4.79 Å². The zero-order valence-electron chi connectivity index (χ0n) is 5.91. The van der Waals surface area contributed by atoms with Gasteiger partial charge in [0.05, 0.1) is 6.26 Å². The topological polar surface area (TPSA) is 26.3 Å². The first kappa shape index (κ1) is 8.69. The standard InChI is InChI=1S/C8H10O2/c1-3-8(10-4-2)6-5-7-9/h3-7H,2H2,1H3/b6-5+,8-3-. The molecule has 0 radical (unpaired) electrons. The molecule has 10 heavy (non-hydrogen) atoms. The summed E-state index contributed by atoms with van der Waals surface area (Å²) in [6.07, 6.45) is 6.66. The SMILES string of the molecule is C=COC(=C\C)/C=C/C=O. The number of carbonyl (C=O) groups excluding carboxylic acids is 1. The van der Waals surface area contributed by atoms with Crippen LogP contribution in [-0.2, 0) is 9.53 Å². The summed E-state index contributed by atoms with van der Waals surface area (Å²) in [7, 11) is 0. The van der Waals surface area contributed by atoms with Crippen LogP contribution < -0.4 is 0 Å². The Morgan fingerprint density at radius 1 is 1.60 bits per heavy atom. The van der Waals surface area contributed by atoms with Crippen molar-refractivity contribution in [2.45, 2.75) is 6.92 Å². The van der Waals surface area contributed by atoms with Gasteiger partial charge in [0.2, 0.25) is 0 Å². The lowest BCUT2D eigenvalue weighted by Crippen LogP contribution is -1.78. The molecule has 0 unspecified atom stereocenters. The molecular formula is C8H10O2. The van der Waals surface area contributed by atoms with E-state index in [2.05, 4.69) is 6.58 Å². The molecule has 54 valence electrons. The third-order valence-corrected chi connectivity index (χ3v) is 0.843. The molecule has 0 aliphatic heterocycles. The Morgan fingerprint density at radius 2 is 2.30 bits per heavy atom. The van der Waals surface area contributed by atoms with Crippen LogP contribution in [0.3, 0.4) is 0 Å². The minimum atomic E-state index is 0.613. The van der Waals surface area contributed by atoms with Gasteiger partial charge in [-0.05, 0) is 25.2 Å². The summed E-state index contributed by atoms with van der Waals surface area (Å²) >= 11 is 0. The van der Waals surface area contributed by atoms with Crippen molar-refractivity contribution in [1.29, 1.82) is 0 Å². The molecule has 0 amide bonds. The number of rotatable bonds is 4. The summed E-state index contributed by atoms with van der Waals surface area (Å²) in [5, 5.41) is 0. The Labute approximate surface area is 60.5 Å². The van der Waals surface area contributed by atoms with E-state index >= 15 is 0 Å². The van der Waals surface area contributed by atoms with Gasteiger partial charge in [0.1, 0.15) is 12.0 Å². The molecule has 0 aliphatic rings. The number of allylic oxidation sites excluding steroid dienone is 3. The van der Waals surface area contributed by atoms with Crippen LogP contribution in [0.1, 0.15) is 6.92 Å². The maximum atomic E-state index is 9.83. The number of aldehydes is 1. The van der Waals surface area contributed by atoms with Crippen LogP contribution in [0, 0.1) is 0 Å². The summed E-state index contributed by atoms with van der Waals surface area (Å²) in [6.45, 7) is 5.18. The van der Waals surface area contributed by atoms with Crippen molar-refractivity contribution in [2.24, 2.45) is 0 Å². The lowest BCUT2D eigenvalue weighted by atomic mass is 10.4. The van der Waals surface area contributed by atoms with Gasteiger partial charge in [-0.1, -0.05) is 6.58 Å². The van der Waals surface area contributed by atoms with Crippen molar-refractivity contribution in [3.05, 3.63) is 36.8 Å². The molecular weight excluding hydrogens is 128 g/mol. The Balaban J connectivity index is 3.95. The molecule has 0 aliphatic carbocycles. The molecule has 0 heterocycles. The number of carbonyl (C=O) groups is 1. The third-order valence-electron chi connectivity index (χ3n) is 0.843. The van der Waals surface area contributed by atoms with Crippen LogP contribution in [0.4, 0.5) is 0 Å². The van der Waals surface area contributed by atoms with E-state index in [1.54, 1.807) is 12.2 Å². The van der Waals surface area contributed by atoms with Gasteiger partial charge in [0.25, 0.3) is 0 Å². The maximum Gasteiger partial charge on any atom is 0.142 e. The van der Waals surface area contributed by atoms with Gasteiger partial charge in [-0.15, -0.1) is 0 Å². The fourth-order valence-electron chi connectivity index (χ4n) is 0.434. The van der Waals surface area contributed by atoms with Crippen LogP contribution >= 0.6 is 0 Å². The molecule has 0 saturated carbocycles. The van der Waals surface area contributed by atoms with Crippen molar-refractivity contribution >= 4 is 6.29 Å². The van der Waals surface area contributed by atoms with Gasteiger partial charge in [0, 0.05) is 0 Å². The first-order valence-electron chi connectivity index (χ1n) is 2.91. The van der Waals surface area contributed by atoms with Gasteiger partial charge >= 0.3 is 0 Å². The predicted octanol–water partition coefficient (Wildman–Crippen LogP) is 1.81. The molecule has 0 fully saturated rings. The minimum absolute atomic E-state index is 0.613. The molecule has 2 nitrogen and oxygen atoms in total. The highest BCUT2D eigenvalue weighted by atomic mass is 16.5. The maximum absolute atomic E-state index is 9.83. The van der Waals surface area contributed by atoms with Crippen molar-refractivity contribution < 1.29 is 9.53 Å². The molecule has 0 aromatic heterocycles. The second-order valence-corrected chi connectivity index (χ2v) is 1.47. The normalized spacial score (nSPS) is 11.5. The van der Waals surface area contributed by atoms with Crippen LogP contribution in [0.2, 0.25) is 0 Å². The van der Waals surface area contributed by atoms with E-state index in [0.29, 0.717) is 12.0 Å². The quantitative estimate of drug-likeness (QED) is 0.256. The van der Waals surface area contributed by atoms with Crippen molar-refractivity contribution in [3.8, 4) is 0 Å². The number of hydrogen-bond acceptors (Lipinski definition) is 2. The Hall–Kier alpha value is -1.31. The zero-order chi connectivity index (χ0) is 7.82. The van der Waals surface area contributed by atoms with E-state index in [-0.39, 0.29) is 0 Å². The summed E-state index contributed by atoms with van der Waals surface area (Å²) < 4.78 is 4.87. The van der Waals surface area contributed by atoms with Gasteiger partial charge in [-0.2, -0.15) is 0 Å². The van der Waals surface area contributed by atoms with Gasteiger partial charge in [0.15, 0.2) is 0 Å². The van der Waals surface area contributed by atoms with Crippen LogP contribution in [0.5, 0.6) is 0 Å². The smallest absolute Gasteiger partial charge is 0.142 e. The molecule has 0 bridgehead atoms. The van der Waals surface area contributed by atoms with E-state index in [1.807, 2.05) is 6.92 Å². The van der Waals surface area contributed by atoms with Crippen LogP contribution in [0.15, 0.2) is 36.8 Å². The fourth-order valence-corrected chi connectivity index (χ4v) is 0.434. The number of hydrogen-bond donors (Lipinski definition) is 0. The Kier molecular flexibility index (Phi) is 5.06. The Morgan fingerprint density at radius 3 is 2.70 bits per heavy atom. The molecule has 0 saturated heterocycles. The molecule has 0 aromatic carbocycles. The highest BCUT2D eigenvalue weighted by Gasteiger charge is 1.83. The van der Waals surface area contributed by atoms with Crippen molar-refractivity contribution in [3.63, 3.8) is 0 Å². The summed E-state index contributed by atoms with van der Waals surface area (Å²) in [5.74, 6) is 0.613. The van der Waals surface area contributed by atoms with Crippen LogP contribution in [-0.4, -0.2) is 6.29 Å². The predicted molar refractivity (Wildman–Crippen MR) is 40.2 cm³/mol. The molecule has 0 atom stereocenters. The second kappa shape index (κ2) is 5.82. The molecule has 0 rings (SSSR count). The van der Waals surface area contributed by atoms with E-state index in [1.165, 1.54) is 12.3 Å². The fraction of sp³-hybridized carbons (Fsp3) is 0.125. The van der Waals surface area contributed by atoms with E-state index in [0.717, 1.165) is 0 Å². The van der Waals surface area contributed by atoms with Gasteiger partial charge in [-0.3, -0.25) is 4.79 Å². The molecule has 0 N–H and O–H groups in total. The summed E-state index contributed by atoms with van der Waals surface area (Å²) in [6, 6.07) is 0. The first-order chi connectivity index (χ1) is 4.85. The average Bonchev–Trinajstić information content (AvgIpc) is 1.98. The minimum Gasteiger partial charge on any atom is -0.466 e. The monoisotopic (exact) mass is 138 g/mol. The lowest BCUT2D eigenvalue weighted by molar-refractivity contribution is -0.104. The zero-order valence-corrected chi connectivity index (χ0v) is 5.91. The van der Waals surface area contributed by atoms with Crippen molar-refractivity contribution in [2.75, 3.05) is 0 Å². The van der Waals surface area contributed by atoms with Gasteiger partial charge in [-0.25, -0.2) is 0 Å². The lowest BCUT2D eigenvalue weighted by Gasteiger charge is -1.95. The average molecular weight is 138 g/mol. The highest BCUT2D eigenvalue weighted by molar-refractivity contribution is 5.65. The van der Waals surface area contributed by atoms with E-state index in [4.69, 9.17) is 4.74 Å². The van der Waals surface area contributed by atoms with Crippen molar-refractivity contribution in [1.82, 2.24) is 0 Å². The van der Waals surface area contributed by atoms with Gasteiger partial charge < -0.3 is 4.74 Å². The molecule has 0 aromatic rings. The largest absolute Gasteiger partial charge is 0.466 e. The van der Waals surface area contributed by atoms with E-state index < -0.39 is 0 Å². The highest BCUT2D eigenvalue weighted by Crippen LogP contribution is 1.97. The first-order valence-corrected chi connectivity index (χ1v) is 2.91. The third kappa shape index (κ3) is 3.66. The second-order valence-electron chi connectivity index (χ2n) is 1.47. The molecule has 2 heteroatoms. The summed E-state index contributed by atoms with van der Waals surface area (Å²) in [5.41, 5.74) is 0. The van der Waals surface area contributed by atoms with Crippen LogP contribution in [0.25, 0.3) is 0 Å². The molecule has 0 spiro atoms. The number of ether oxygens (including phenoxy) is 1.